The summed E-state index contributed by atoms with van der Waals surface area (Å²) < 4.78 is 1.75. The van der Waals surface area contributed by atoms with E-state index in [-0.39, 0.29) is 5.69 Å². The SMILES string of the molecule is Cc1cc(C(N)=O)nn1-c1ccc(Cc2ccc(-c3ccc(CN4CCN(C)CC4)cc3)cc2)cc1. The van der Waals surface area contributed by atoms with Crippen LogP contribution in [0.3, 0.4) is 0 Å². The highest BCUT2D eigenvalue weighted by Crippen LogP contribution is 2.23. The maximum atomic E-state index is 11.4. The number of nitrogens with zero attached hydrogens (tertiary/aromatic N) is 4. The molecule has 0 radical (unpaired) electrons. The fourth-order valence-corrected chi connectivity index (χ4v) is 4.73. The third kappa shape index (κ3) is 5.56. The number of aromatic nitrogens is 2. The molecule has 1 aliphatic heterocycles. The van der Waals surface area contributed by atoms with Gasteiger partial charge in [0.2, 0.25) is 0 Å². The Bertz CT molecular complexity index is 1320. The van der Waals surface area contributed by atoms with Gasteiger partial charge in [-0.25, -0.2) is 4.68 Å². The molecule has 0 bridgehead atoms. The smallest absolute Gasteiger partial charge is 0.269 e. The molecule has 1 saturated heterocycles. The summed E-state index contributed by atoms with van der Waals surface area (Å²) in [7, 11) is 2.19. The Morgan fingerprint density at radius 3 is 1.86 bits per heavy atom. The van der Waals surface area contributed by atoms with E-state index in [1.54, 1.807) is 10.7 Å². The van der Waals surface area contributed by atoms with Crippen molar-refractivity contribution in [2.24, 2.45) is 5.73 Å². The lowest BCUT2D eigenvalue weighted by atomic mass is 9.99. The van der Waals surface area contributed by atoms with Crippen LogP contribution >= 0.6 is 0 Å². The van der Waals surface area contributed by atoms with Gasteiger partial charge in [0.05, 0.1) is 5.69 Å². The molecule has 2 N–H and O–H groups in total. The minimum absolute atomic E-state index is 0.279. The largest absolute Gasteiger partial charge is 0.364 e. The predicted octanol–water partition coefficient (Wildman–Crippen LogP) is 4.28. The topological polar surface area (TPSA) is 67.4 Å². The Labute approximate surface area is 213 Å². The number of rotatable bonds is 7. The summed E-state index contributed by atoms with van der Waals surface area (Å²) in [6.45, 7) is 7.52. The molecule has 0 aliphatic carbocycles. The van der Waals surface area contributed by atoms with Crippen molar-refractivity contribution >= 4 is 5.91 Å². The van der Waals surface area contributed by atoms with Crippen LogP contribution in [0.5, 0.6) is 0 Å². The van der Waals surface area contributed by atoms with Crippen LogP contribution in [0.1, 0.15) is 32.9 Å². The van der Waals surface area contributed by atoms with Crippen molar-refractivity contribution in [3.8, 4) is 16.8 Å². The first kappa shape index (κ1) is 24.0. The number of amides is 1. The number of piperazine rings is 1. The first-order valence-electron chi connectivity index (χ1n) is 12.5. The molecule has 3 aromatic carbocycles. The molecule has 2 heterocycles. The maximum Gasteiger partial charge on any atom is 0.269 e. The zero-order chi connectivity index (χ0) is 25.1. The summed E-state index contributed by atoms with van der Waals surface area (Å²) >= 11 is 0. The number of primary amides is 1. The summed E-state index contributed by atoms with van der Waals surface area (Å²) in [6, 6.07) is 27.8. The van der Waals surface area contributed by atoms with E-state index in [0.717, 1.165) is 50.5 Å². The van der Waals surface area contributed by atoms with Crippen molar-refractivity contribution < 1.29 is 4.79 Å². The van der Waals surface area contributed by atoms with E-state index < -0.39 is 5.91 Å². The van der Waals surface area contributed by atoms with Gasteiger partial charge in [0.1, 0.15) is 0 Å². The molecule has 1 fully saturated rings. The molecule has 184 valence electrons. The van der Waals surface area contributed by atoms with Gasteiger partial charge in [-0.3, -0.25) is 9.69 Å². The van der Waals surface area contributed by atoms with Crippen LogP contribution in [-0.4, -0.2) is 58.7 Å². The fraction of sp³-hybridized carbons (Fsp3) is 0.267. The number of likely N-dealkylation sites (N-methyl/N-ethyl adjacent to an activating group) is 1. The Morgan fingerprint density at radius 1 is 0.806 bits per heavy atom. The van der Waals surface area contributed by atoms with Crippen molar-refractivity contribution in [1.82, 2.24) is 19.6 Å². The number of benzene rings is 3. The lowest BCUT2D eigenvalue weighted by Gasteiger charge is -2.32. The molecule has 0 unspecified atom stereocenters. The molecule has 6 heteroatoms. The molecule has 1 aliphatic rings. The zero-order valence-corrected chi connectivity index (χ0v) is 21.0. The molecule has 4 aromatic rings. The molecule has 0 saturated carbocycles. The molecule has 5 rings (SSSR count). The van der Waals surface area contributed by atoms with E-state index in [4.69, 9.17) is 5.73 Å². The van der Waals surface area contributed by atoms with Gasteiger partial charge in [0.25, 0.3) is 5.91 Å². The van der Waals surface area contributed by atoms with E-state index in [0.29, 0.717) is 0 Å². The van der Waals surface area contributed by atoms with Gasteiger partial charge < -0.3 is 10.6 Å². The van der Waals surface area contributed by atoms with Crippen LogP contribution in [0.4, 0.5) is 0 Å². The van der Waals surface area contributed by atoms with Crippen LogP contribution in [0.25, 0.3) is 16.8 Å². The lowest BCUT2D eigenvalue weighted by Crippen LogP contribution is -2.43. The van der Waals surface area contributed by atoms with Gasteiger partial charge in [-0.1, -0.05) is 60.7 Å². The van der Waals surface area contributed by atoms with E-state index in [1.807, 2.05) is 19.1 Å². The molecular weight excluding hydrogens is 446 g/mol. The Balaban J connectivity index is 1.20. The van der Waals surface area contributed by atoms with Crippen LogP contribution in [0.15, 0.2) is 78.9 Å². The van der Waals surface area contributed by atoms with Gasteiger partial charge >= 0.3 is 0 Å². The maximum absolute atomic E-state index is 11.4. The number of hydrogen-bond acceptors (Lipinski definition) is 4. The minimum atomic E-state index is -0.515. The highest BCUT2D eigenvalue weighted by Gasteiger charge is 2.14. The minimum Gasteiger partial charge on any atom is -0.364 e. The zero-order valence-electron chi connectivity index (χ0n) is 21.0. The first-order chi connectivity index (χ1) is 17.4. The van der Waals surface area contributed by atoms with Gasteiger partial charge in [-0.15, -0.1) is 0 Å². The Kier molecular flexibility index (Phi) is 6.98. The number of nitrogens with two attached hydrogens (primary N) is 1. The van der Waals surface area contributed by atoms with Crippen molar-refractivity contribution in [3.05, 3.63) is 107 Å². The molecular formula is C30H33N5O. The van der Waals surface area contributed by atoms with E-state index >= 15 is 0 Å². The van der Waals surface area contributed by atoms with Crippen LogP contribution in [-0.2, 0) is 13.0 Å². The van der Waals surface area contributed by atoms with Crippen molar-refractivity contribution in [3.63, 3.8) is 0 Å². The average Bonchev–Trinajstić information content (AvgIpc) is 3.29. The monoisotopic (exact) mass is 479 g/mol. The molecule has 36 heavy (non-hydrogen) atoms. The van der Waals surface area contributed by atoms with Gasteiger partial charge in [-0.2, -0.15) is 5.10 Å². The molecule has 0 spiro atoms. The summed E-state index contributed by atoms with van der Waals surface area (Å²) in [5.74, 6) is -0.515. The second-order valence-electron chi connectivity index (χ2n) is 9.76. The van der Waals surface area contributed by atoms with E-state index in [9.17, 15) is 4.79 Å². The summed E-state index contributed by atoms with van der Waals surface area (Å²) in [6.07, 6.45) is 0.856. The normalized spacial score (nSPS) is 14.7. The predicted molar refractivity (Wildman–Crippen MR) is 144 cm³/mol. The number of carbonyl (C=O) groups is 1. The average molecular weight is 480 g/mol. The second-order valence-corrected chi connectivity index (χ2v) is 9.76. The molecule has 0 atom stereocenters. The fourth-order valence-electron chi connectivity index (χ4n) is 4.73. The van der Waals surface area contributed by atoms with Crippen molar-refractivity contribution in [1.29, 1.82) is 0 Å². The van der Waals surface area contributed by atoms with Gasteiger partial charge in [0, 0.05) is 38.4 Å². The lowest BCUT2D eigenvalue weighted by molar-refractivity contribution is 0.0995. The highest BCUT2D eigenvalue weighted by atomic mass is 16.1. The molecule has 1 amide bonds. The highest BCUT2D eigenvalue weighted by molar-refractivity contribution is 5.90. The van der Waals surface area contributed by atoms with Crippen LogP contribution < -0.4 is 5.73 Å². The number of carbonyl (C=O) groups excluding carboxylic acids is 1. The van der Waals surface area contributed by atoms with E-state index in [1.165, 1.54) is 27.8 Å². The quantitative estimate of drug-likeness (QED) is 0.430. The number of hydrogen-bond donors (Lipinski definition) is 1. The summed E-state index contributed by atoms with van der Waals surface area (Å²) in [5.41, 5.74) is 13.8. The summed E-state index contributed by atoms with van der Waals surface area (Å²) in [4.78, 5) is 16.3. The standard InChI is InChI=1S/C30H33N5O/c1-22-19-29(30(31)36)32-35(22)28-13-7-24(8-14-28)20-23-3-9-26(10-4-23)27-11-5-25(6-12-27)21-34-17-15-33(2)16-18-34/h3-14,19H,15-18,20-21H2,1-2H3,(H2,31,36). The third-order valence-corrected chi connectivity index (χ3v) is 6.97. The van der Waals surface area contributed by atoms with Crippen molar-refractivity contribution in [2.75, 3.05) is 33.2 Å². The van der Waals surface area contributed by atoms with Crippen molar-refractivity contribution in [2.45, 2.75) is 19.9 Å². The molecule has 6 nitrogen and oxygen atoms in total. The first-order valence-corrected chi connectivity index (χ1v) is 12.5. The van der Waals surface area contributed by atoms with Gasteiger partial charge in [-0.05, 0) is 66.4 Å². The second kappa shape index (κ2) is 10.5. The molecule has 1 aromatic heterocycles. The van der Waals surface area contributed by atoms with Crippen LogP contribution in [0, 0.1) is 6.92 Å². The summed E-state index contributed by atoms with van der Waals surface area (Å²) in [5, 5.41) is 4.31. The third-order valence-electron chi connectivity index (χ3n) is 6.97. The van der Waals surface area contributed by atoms with Gasteiger partial charge in [0.15, 0.2) is 5.69 Å². The van der Waals surface area contributed by atoms with Crippen LogP contribution in [0.2, 0.25) is 0 Å². The Hall–Kier alpha value is -3.74. The van der Waals surface area contributed by atoms with E-state index in [2.05, 4.69) is 82.6 Å². The number of aryl methyl sites for hydroxylation is 1. The Morgan fingerprint density at radius 2 is 1.33 bits per heavy atom.